The Bertz CT molecular complexity index is 2480. The van der Waals surface area contributed by atoms with Gasteiger partial charge >= 0.3 is 0 Å². The molecule has 3 fully saturated rings. The van der Waals surface area contributed by atoms with Crippen molar-refractivity contribution in [3.8, 4) is 0 Å². The van der Waals surface area contributed by atoms with E-state index in [-0.39, 0.29) is 60.3 Å². The van der Waals surface area contributed by atoms with Gasteiger partial charge in [0.2, 0.25) is 28.8 Å². The first-order valence-corrected chi connectivity index (χ1v) is 25.8. The molecule has 9 atom stereocenters. The average Bonchev–Trinajstić information content (AvgIpc) is 4.23. The monoisotopic (exact) mass is 989 g/mol. The van der Waals surface area contributed by atoms with Gasteiger partial charge in [0.25, 0.3) is 0 Å². The van der Waals surface area contributed by atoms with E-state index in [0.29, 0.717) is 49.9 Å². The Kier molecular flexibility index (Phi) is 17.6. The van der Waals surface area contributed by atoms with E-state index >= 15 is 0 Å². The topological polar surface area (TPSA) is 232 Å². The normalized spacial score (nSPS) is 21.9. The highest BCUT2D eigenvalue weighted by atomic mass is 32.2. The van der Waals surface area contributed by atoms with E-state index in [9.17, 15) is 19.2 Å². The molecule has 3 aromatic carbocycles. The second kappa shape index (κ2) is 24.4. The van der Waals surface area contributed by atoms with Gasteiger partial charge in [0.1, 0.15) is 17.8 Å². The number of carbonyl (C=O) groups is 4. The van der Waals surface area contributed by atoms with E-state index in [1.807, 2.05) is 78.6 Å². The van der Waals surface area contributed by atoms with Crippen LogP contribution in [0.1, 0.15) is 88.6 Å². The molecule has 71 heavy (non-hydrogen) atoms. The number of nitrogens with one attached hydrogen (secondary N) is 4. The molecule has 5 aromatic rings. The van der Waals surface area contributed by atoms with Crippen LogP contribution in [0.4, 0.5) is 0 Å². The first-order valence-electron chi connectivity index (χ1n) is 25.0. The largest absolute Gasteiger partial charge is 0.369 e. The SMILES string of the molecule is CC[C@H](N)C(=O)N[C@@H]1C(=O)N2[C@@H](CC[C@@H]1Cn1cc(COC(C)[C@H](NC(=O)[C@H](C)NC)C(=O)N3CCC[C@H]3Cn3nnnc3Sc3ccccc3)nn1)CC[C@H]2CNC(c1ccccc1)c1ccccc1. The van der Waals surface area contributed by atoms with Gasteiger partial charge in [-0.15, -0.1) is 10.2 Å². The summed E-state index contributed by atoms with van der Waals surface area (Å²) >= 11 is 1.45. The maximum absolute atomic E-state index is 14.9. The second-order valence-electron chi connectivity index (χ2n) is 19.0. The number of tetrazole rings is 1. The van der Waals surface area contributed by atoms with Crippen molar-refractivity contribution in [2.75, 3.05) is 20.1 Å². The third-order valence-corrected chi connectivity index (χ3v) is 15.2. The highest BCUT2D eigenvalue weighted by molar-refractivity contribution is 7.99. The van der Waals surface area contributed by atoms with Crippen LogP contribution in [-0.2, 0) is 43.6 Å². The molecule has 20 heteroatoms. The van der Waals surface area contributed by atoms with E-state index in [2.05, 4.69) is 71.4 Å². The summed E-state index contributed by atoms with van der Waals surface area (Å²) in [5.41, 5.74) is 9.03. The molecule has 3 aliphatic rings. The van der Waals surface area contributed by atoms with Gasteiger partial charge in [0.15, 0.2) is 0 Å². The smallest absolute Gasteiger partial charge is 0.248 e. The number of amides is 4. The molecule has 4 amide bonds. The van der Waals surface area contributed by atoms with Crippen molar-refractivity contribution in [2.45, 2.75) is 150 Å². The van der Waals surface area contributed by atoms with Gasteiger partial charge in [-0.05, 0) is 111 Å². The Balaban J connectivity index is 0.935. The first kappa shape index (κ1) is 51.3. The molecule has 6 N–H and O–H groups in total. The van der Waals surface area contributed by atoms with Crippen LogP contribution in [-0.4, -0.2) is 137 Å². The van der Waals surface area contributed by atoms with Crippen LogP contribution in [0.15, 0.2) is 107 Å². The van der Waals surface area contributed by atoms with Crippen molar-refractivity contribution in [1.82, 2.24) is 66.3 Å². The molecule has 1 unspecified atom stereocenters. The molecule has 8 rings (SSSR count). The fraction of sp³-hybridized carbons (Fsp3) is 0.510. The van der Waals surface area contributed by atoms with Gasteiger partial charge < -0.3 is 41.5 Å². The first-order chi connectivity index (χ1) is 34.5. The Labute approximate surface area is 419 Å². The predicted octanol–water partition coefficient (Wildman–Crippen LogP) is 3.48. The van der Waals surface area contributed by atoms with Gasteiger partial charge in [0.05, 0.1) is 49.6 Å². The number of nitrogens with two attached hydrogens (primary N) is 1. The molecule has 378 valence electrons. The van der Waals surface area contributed by atoms with Crippen LogP contribution in [0.3, 0.4) is 0 Å². The molecule has 5 heterocycles. The van der Waals surface area contributed by atoms with Gasteiger partial charge in [0, 0.05) is 42.5 Å². The van der Waals surface area contributed by atoms with Gasteiger partial charge in [-0.2, -0.15) is 0 Å². The summed E-state index contributed by atoms with van der Waals surface area (Å²) in [6.45, 7) is 7.15. The minimum absolute atomic E-state index is 0.00310. The molecule has 0 spiro atoms. The number of carbonyl (C=O) groups excluding carboxylic acids is 4. The lowest BCUT2D eigenvalue weighted by Gasteiger charge is -2.34. The third kappa shape index (κ3) is 12.7. The van der Waals surface area contributed by atoms with Crippen molar-refractivity contribution < 1.29 is 23.9 Å². The van der Waals surface area contributed by atoms with Crippen LogP contribution in [0.5, 0.6) is 0 Å². The average molecular weight is 989 g/mol. The number of aromatic nitrogens is 7. The Morgan fingerprint density at radius 3 is 2.23 bits per heavy atom. The van der Waals surface area contributed by atoms with E-state index in [1.54, 1.807) is 41.4 Å². The number of ether oxygens (including phenoxy) is 1. The zero-order valence-corrected chi connectivity index (χ0v) is 41.9. The fourth-order valence-corrected chi connectivity index (χ4v) is 10.8. The maximum Gasteiger partial charge on any atom is 0.248 e. The lowest BCUT2D eigenvalue weighted by Crippen LogP contribution is -2.58. The van der Waals surface area contributed by atoms with Crippen LogP contribution in [0, 0.1) is 5.92 Å². The summed E-state index contributed by atoms with van der Waals surface area (Å²) in [6, 6.07) is 27.0. The molecule has 0 bridgehead atoms. The highest BCUT2D eigenvalue weighted by Crippen LogP contribution is 2.35. The van der Waals surface area contributed by atoms with Crippen molar-refractivity contribution in [3.63, 3.8) is 0 Å². The van der Waals surface area contributed by atoms with Crippen molar-refractivity contribution in [1.29, 1.82) is 0 Å². The van der Waals surface area contributed by atoms with E-state index < -0.39 is 30.3 Å². The van der Waals surface area contributed by atoms with Crippen LogP contribution >= 0.6 is 11.8 Å². The van der Waals surface area contributed by atoms with Crippen molar-refractivity contribution in [3.05, 3.63) is 114 Å². The molecule has 2 aromatic heterocycles. The molecular weight excluding hydrogens is 921 g/mol. The number of nitrogens with zero attached hydrogens (tertiary/aromatic N) is 9. The third-order valence-electron chi connectivity index (χ3n) is 14.2. The second-order valence-corrected chi connectivity index (χ2v) is 20.0. The van der Waals surface area contributed by atoms with Gasteiger partial charge in [-0.25, -0.2) is 4.68 Å². The summed E-state index contributed by atoms with van der Waals surface area (Å²) in [7, 11) is 1.69. The zero-order valence-electron chi connectivity index (χ0n) is 41.0. The quantitative estimate of drug-likeness (QED) is 0.0669. The van der Waals surface area contributed by atoms with Crippen molar-refractivity contribution >= 4 is 35.4 Å². The number of hydrogen-bond donors (Lipinski definition) is 5. The highest BCUT2D eigenvalue weighted by Gasteiger charge is 2.46. The fourth-order valence-electron chi connectivity index (χ4n) is 10.0. The number of likely N-dealkylation sites (N-methyl/N-ethyl adjacent to an activating group) is 1. The minimum atomic E-state index is -1.01. The Hall–Kier alpha value is -6.06. The number of rotatable bonds is 22. The summed E-state index contributed by atoms with van der Waals surface area (Å²) < 4.78 is 9.76. The maximum atomic E-state index is 14.9. The summed E-state index contributed by atoms with van der Waals surface area (Å²) in [6.07, 6.45) is 6.14. The molecule has 0 aliphatic carbocycles. The Morgan fingerprint density at radius 2 is 1.54 bits per heavy atom. The minimum Gasteiger partial charge on any atom is -0.369 e. The number of fused-ring (bicyclic) bond motifs is 1. The predicted molar refractivity (Wildman–Crippen MR) is 267 cm³/mol. The molecule has 3 saturated heterocycles. The van der Waals surface area contributed by atoms with Gasteiger partial charge in [-0.3, -0.25) is 23.9 Å². The summed E-state index contributed by atoms with van der Waals surface area (Å²) in [4.78, 5) is 61.1. The van der Waals surface area contributed by atoms with Crippen LogP contribution in [0.2, 0.25) is 0 Å². The number of benzene rings is 3. The lowest BCUT2D eigenvalue weighted by molar-refractivity contribution is -0.142. The molecule has 19 nitrogen and oxygen atoms in total. The van der Waals surface area contributed by atoms with Crippen LogP contribution < -0.4 is 27.0 Å². The van der Waals surface area contributed by atoms with Gasteiger partial charge in [-0.1, -0.05) is 91.0 Å². The molecule has 0 saturated carbocycles. The number of likely N-dealkylation sites (tertiary alicyclic amines) is 1. The molecular formula is C51H68N14O5S. The Morgan fingerprint density at radius 1 is 0.845 bits per heavy atom. The summed E-state index contributed by atoms with van der Waals surface area (Å²) in [5, 5.41) is 34.7. The van der Waals surface area contributed by atoms with E-state index in [1.165, 1.54) is 11.8 Å². The standard InChI is InChI=1S/C51H68N14O5S/c1-5-43(52)48(67)56-46-37(23-24-39-25-26-40(65(39)50(46)69)28-54-45(35-16-9-6-10-17-35)36-18-11-7-12-19-36)29-62-30-38(57-60-62)32-70-34(3)44(55-47(66)33(2)53-4)49(68)63-27-15-20-41(63)31-64-51(58-59-61-64)71-42-21-13-8-14-22-42/h6-14,16-19,21-22,30,33-34,37,39-41,43-46,53-54H,5,15,20,23-29,31-32,52H2,1-4H3,(H,55,66)(H,56,67)/t33-,34?,37+,39-,40-,41-,43-,44-,46-/m0/s1. The molecule has 3 aliphatic heterocycles. The van der Waals surface area contributed by atoms with E-state index in [0.717, 1.165) is 48.1 Å². The van der Waals surface area contributed by atoms with Crippen molar-refractivity contribution in [2.24, 2.45) is 11.7 Å². The van der Waals surface area contributed by atoms with Crippen LogP contribution in [0.25, 0.3) is 0 Å². The molecule has 0 radical (unpaired) electrons. The summed E-state index contributed by atoms with van der Waals surface area (Å²) in [5.74, 6) is -1.36. The zero-order chi connectivity index (χ0) is 49.9. The van der Waals surface area contributed by atoms with E-state index in [4.69, 9.17) is 10.5 Å². The lowest BCUT2D eigenvalue weighted by atomic mass is 9.92. The number of hydrogen-bond acceptors (Lipinski definition) is 14.